The van der Waals surface area contributed by atoms with Crippen molar-refractivity contribution in [2.75, 3.05) is 26.2 Å². The lowest BCUT2D eigenvalue weighted by molar-refractivity contribution is -0.137. The molecular weight excluding hydrogens is 417 g/mol. The third kappa shape index (κ3) is 4.23. The van der Waals surface area contributed by atoms with Gasteiger partial charge in [-0.25, -0.2) is 4.79 Å². The van der Waals surface area contributed by atoms with Gasteiger partial charge in [0.25, 0.3) is 0 Å². The molecule has 1 aliphatic rings. The van der Waals surface area contributed by atoms with E-state index in [2.05, 4.69) is 0 Å². The van der Waals surface area contributed by atoms with Gasteiger partial charge in [-0.2, -0.15) is 18.4 Å². The zero-order valence-corrected chi connectivity index (χ0v) is 16.4. The fourth-order valence-electron chi connectivity index (χ4n) is 3.37. The molecule has 0 atom stereocenters. The molecule has 3 N–H and O–H groups in total. The van der Waals surface area contributed by atoms with E-state index in [0.717, 1.165) is 10.6 Å². The Morgan fingerprint density at radius 3 is 2.35 bits per heavy atom. The first-order valence-corrected chi connectivity index (χ1v) is 9.19. The molecule has 1 aromatic carbocycles. The summed E-state index contributed by atoms with van der Waals surface area (Å²) in [5, 5.41) is 39.0. The highest BCUT2D eigenvalue weighted by Gasteiger charge is 2.34. The summed E-state index contributed by atoms with van der Waals surface area (Å²) in [5.41, 5.74) is -1.45. The minimum absolute atomic E-state index is 0.154. The Labute approximate surface area is 175 Å². The summed E-state index contributed by atoms with van der Waals surface area (Å²) in [4.78, 5) is 14.1. The fraction of sp³-hybridized carbons (Fsp3) is 0.300. The van der Waals surface area contributed by atoms with E-state index >= 15 is 0 Å². The number of nitriles is 1. The van der Waals surface area contributed by atoms with Crippen LogP contribution in [0.2, 0.25) is 0 Å². The van der Waals surface area contributed by atoms with Crippen molar-refractivity contribution in [1.29, 1.82) is 5.26 Å². The maximum atomic E-state index is 13.3. The second-order valence-electron chi connectivity index (χ2n) is 6.98. The third-order valence-electron chi connectivity index (χ3n) is 5.13. The molecular formula is C20H19F3N4O4. The van der Waals surface area contributed by atoms with Crippen molar-refractivity contribution in [1.82, 2.24) is 14.4 Å². The Hall–Kier alpha value is -3.81. The van der Waals surface area contributed by atoms with Crippen LogP contribution in [-0.2, 0) is 6.18 Å². The predicted molar refractivity (Wildman–Crippen MR) is 104 cm³/mol. The highest BCUT2D eigenvalue weighted by atomic mass is 19.4. The number of aromatic hydroxyl groups is 2. The number of nitrogens with zero attached hydrogens (tertiary/aromatic N) is 4. The van der Waals surface area contributed by atoms with Gasteiger partial charge < -0.3 is 25.1 Å². The van der Waals surface area contributed by atoms with Gasteiger partial charge in [0.15, 0.2) is 0 Å². The largest absolute Gasteiger partial charge is 0.494 e. The summed E-state index contributed by atoms with van der Waals surface area (Å²) in [6, 6.07) is 4.35. The van der Waals surface area contributed by atoms with Crippen LogP contribution in [-0.4, -0.2) is 62.0 Å². The molecule has 0 spiro atoms. The maximum absolute atomic E-state index is 13.3. The van der Waals surface area contributed by atoms with Gasteiger partial charge in [-0.3, -0.25) is 4.57 Å². The molecule has 0 aliphatic carbocycles. The van der Waals surface area contributed by atoms with Gasteiger partial charge in [-0.1, -0.05) is 0 Å². The summed E-state index contributed by atoms with van der Waals surface area (Å²) >= 11 is 0. The number of carboxylic acid groups (broad SMARTS) is 1. The van der Waals surface area contributed by atoms with Crippen molar-refractivity contribution in [2.24, 2.45) is 0 Å². The first-order chi connectivity index (χ1) is 14.5. The van der Waals surface area contributed by atoms with E-state index in [1.807, 2.05) is 4.90 Å². The van der Waals surface area contributed by atoms with Gasteiger partial charge in [0.05, 0.1) is 22.9 Å². The van der Waals surface area contributed by atoms with E-state index in [1.165, 1.54) is 30.0 Å². The molecule has 0 saturated carbocycles. The maximum Gasteiger partial charge on any atom is 0.417 e. The van der Waals surface area contributed by atoms with E-state index in [9.17, 15) is 28.2 Å². The predicted octanol–water partition coefficient (Wildman–Crippen LogP) is 3.35. The lowest BCUT2D eigenvalue weighted by Crippen LogP contribution is -2.46. The van der Waals surface area contributed by atoms with Crippen LogP contribution in [0.5, 0.6) is 11.8 Å². The van der Waals surface area contributed by atoms with Crippen molar-refractivity contribution in [2.45, 2.75) is 13.1 Å². The number of carbonyl (C=O) groups is 1. The molecule has 1 amide bonds. The first kappa shape index (κ1) is 21.9. The Morgan fingerprint density at radius 1 is 1.16 bits per heavy atom. The van der Waals surface area contributed by atoms with Crippen molar-refractivity contribution in [3.8, 4) is 23.5 Å². The number of halogens is 3. The minimum Gasteiger partial charge on any atom is -0.494 e. The first-order valence-electron chi connectivity index (χ1n) is 9.19. The van der Waals surface area contributed by atoms with Gasteiger partial charge >= 0.3 is 12.3 Å². The van der Waals surface area contributed by atoms with Crippen molar-refractivity contribution >= 4 is 12.2 Å². The lowest BCUT2D eigenvalue weighted by atomic mass is 10.1. The van der Waals surface area contributed by atoms with Crippen LogP contribution in [0.25, 0.3) is 11.8 Å². The van der Waals surface area contributed by atoms with Crippen molar-refractivity contribution < 1.29 is 33.3 Å². The molecule has 0 radical (unpaired) electrons. The highest BCUT2D eigenvalue weighted by Crippen LogP contribution is 2.39. The Balaban J connectivity index is 1.93. The van der Waals surface area contributed by atoms with Crippen LogP contribution in [0, 0.1) is 18.3 Å². The number of rotatable bonds is 3. The van der Waals surface area contributed by atoms with Gasteiger partial charge in [0, 0.05) is 37.3 Å². The van der Waals surface area contributed by atoms with Crippen LogP contribution < -0.4 is 0 Å². The quantitative estimate of drug-likeness (QED) is 0.680. The van der Waals surface area contributed by atoms with E-state index < -0.39 is 35.2 Å². The van der Waals surface area contributed by atoms with Crippen LogP contribution in [0.1, 0.15) is 22.3 Å². The molecule has 1 fully saturated rings. The summed E-state index contributed by atoms with van der Waals surface area (Å²) < 4.78 is 40.7. The molecule has 0 unspecified atom stereocenters. The Bertz CT molecular complexity index is 1080. The zero-order chi connectivity index (χ0) is 22.9. The van der Waals surface area contributed by atoms with Gasteiger partial charge in [0.2, 0.25) is 11.8 Å². The average molecular weight is 436 g/mol. The standard InChI is InChI=1S/C20H19F3N4O4/c1-12-15(4-5-25-6-8-26(9-7-25)19(30)31)18(29)27(17(12)28)14-3-2-13(11-24)16(10-14)20(21,22)23/h2-5,10,28-29H,6-9H2,1H3,(H,30,31). The third-order valence-corrected chi connectivity index (χ3v) is 5.13. The van der Waals surface area contributed by atoms with Gasteiger partial charge in [-0.05, 0) is 37.4 Å². The monoisotopic (exact) mass is 436 g/mol. The summed E-state index contributed by atoms with van der Waals surface area (Å²) in [7, 11) is 0. The van der Waals surface area contributed by atoms with Gasteiger partial charge in [-0.15, -0.1) is 0 Å². The molecule has 0 bridgehead atoms. The number of hydrogen-bond donors (Lipinski definition) is 3. The molecule has 31 heavy (non-hydrogen) atoms. The molecule has 164 valence electrons. The molecule has 11 heteroatoms. The van der Waals surface area contributed by atoms with Crippen LogP contribution in [0.15, 0.2) is 24.4 Å². The molecule has 2 aromatic rings. The van der Waals surface area contributed by atoms with E-state index in [-0.39, 0.29) is 16.8 Å². The number of alkyl halides is 3. The fourth-order valence-corrected chi connectivity index (χ4v) is 3.37. The summed E-state index contributed by atoms with van der Waals surface area (Å²) in [6.45, 7) is 2.98. The lowest BCUT2D eigenvalue weighted by Gasteiger charge is -2.32. The molecule has 1 aliphatic heterocycles. The second-order valence-corrected chi connectivity index (χ2v) is 6.98. The second kappa shape index (κ2) is 8.14. The molecule has 3 rings (SSSR count). The number of aromatic nitrogens is 1. The van der Waals surface area contributed by atoms with Crippen molar-refractivity contribution in [3.63, 3.8) is 0 Å². The normalized spacial score (nSPS) is 14.8. The smallest absolute Gasteiger partial charge is 0.417 e. The number of benzene rings is 1. The van der Waals surface area contributed by atoms with E-state index in [0.29, 0.717) is 32.2 Å². The topological polar surface area (TPSA) is 113 Å². The van der Waals surface area contributed by atoms with E-state index in [1.54, 1.807) is 6.20 Å². The van der Waals surface area contributed by atoms with Crippen LogP contribution in [0.3, 0.4) is 0 Å². The summed E-state index contributed by atoms with van der Waals surface area (Å²) in [5.74, 6) is -0.904. The zero-order valence-electron chi connectivity index (χ0n) is 16.4. The van der Waals surface area contributed by atoms with Gasteiger partial charge in [0.1, 0.15) is 0 Å². The molecule has 1 aromatic heterocycles. The summed E-state index contributed by atoms with van der Waals surface area (Å²) in [6.07, 6.45) is -2.65. The molecule has 8 nitrogen and oxygen atoms in total. The molecule has 1 saturated heterocycles. The number of hydrogen-bond acceptors (Lipinski definition) is 5. The molecule has 2 heterocycles. The number of amides is 1. The number of piperazine rings is 1. The van der Waals surface area contributed by atoms with Crippen LogP contribution in [0.4, 0.5) is 18.0 Å². The Morgan fingerprint density at radius 2 is 1.81 bits per heavy atom. The highest BCUT2D eigenvalue weighted by molar-refractivity contribution is 5.66. The van der Waals surface area contributed by atoms with Crippen LogP contribution >= 0.6 is 0 Å². The van der Waals surface area contributed by atoms with E-state index in [4.69, 9.17) is 10.4 Å². The minimum atomic E-state index is -4.78. The van der Waals surface area contributed by atoms with Crippen molar-refractivity contribution in [3.05, 3.63) is 46.7 Å². The Kier molecular flexibility index (Phi) is 5.75. The average Bonchev–Trinajstić information content (AvgIpc) is 2.94. The SMILES string of the molecule is Cc1c(C=CN2CCN(C(=O)O)CC2)c(O)n(-c2ccc(C#N)c(C(F)(F)F)c2)c1O.